The van der Waals surface area contributed by atoms with Crippen LogP contribution in [-0.4, -0.2) is 33.5 Å². The monoisotopic (exact) mass is 314 g/mol. The zero-order chi connectivity index (χ0) is 12.3. The molecule has 0 aromatic carbocycles. The molecule has 17 heavy (non-hydrogen) atoms. The molecule has 0 radical (unpaired) electrons. The van der Waals surface area contributed by atoms with Crippen LogP contribution in [0.3, 0.4) is 0 Å². The minimum atomic E-state index is 0.571. The second-order valence-electron chi connectivity index (χ2n) is 3.36. The third-order valence-corrected chi connectivity index (χ3v) is 3.01. The number of nitrogens with zero attached hydrogens (tertiary/aromatic N) is 3. The fourth-order valence-electron chi connectivity index (χ4n) is 1.41. The second kappa shape index (κ2) is 5.52. The Morgan fingerprint density at radius 1 is 1.53 bits per heavy atom. The molecular formula is C10H11BrN4OS. The van der Waals surface area contributed by atoms with Crippen molar-refractivity contribution in [2.45, 2.75) is 6.54 Å². The number of hydrogen-bond donors (Lipinski definition) is 1. The largest absolute Gasteiger partial charge is 0.383 e. The molecule has 2 rings (SSSR count). The van der Waals surface area contributed by atoms with Gasteiger partial charge in [0.15, 0.2) is 10.6 Å². The van der Waals surface area contributed by atoms with E-state index in [4.69, 9.17) is 17.0 Å². The highest BCUT2D eigenvalue weighted by atomic mass is 79.9. The Morgan fingerprint density at radius 3 is 3.00 bits per heavy atom. The Bertz CT molecular complexity index is 548. The molecule has 0 aliphatic heterocycles. The zero-order valence-electron chi connectivity index (χ0n) is 9.18. The fourth-order valence-corrected chi connectivity index (χ4v) is 1.87. The molecule has 0 unspecified atom stereocenters. The topological polar surface area (TPSA) is 55.7 Å². The van der Waals surface area contributed by atoms with Crippen LogP contribution in [0.25, 0.3) is 11.5 Å². The van der Waals surface area contributed by atoms with Crippen LogP contribution in [0.15, 0.2) is 22.8 Å². The van der Waals surface area contributed by atoms with E-state index >= 15 is 0 Å². The zero-order valence-corrected chi connectivity index (χ0v) is 11.6. The normalized spacial score (nSPS) is 10.7. The summed E-state index contributed by atoms with van der Waals surface area (Å²) in [5.74, 6) is 0.722. The maximum Gasteiger partial charge on any atom is 0.195 e. The summed E-state index contributed by atoms with van der Waals surface area (Å²) in [4.78, 5) is 4.29. The highest BCUT2D eigenvalue weighted by Gasteiger charge is 2.09. The van der Waals surface area contributed by atoms with Crippen LogP contribution in [0.2, 0.25) is 0 Å². The molecular weight excluding hydrogens is 304 g/mol. The Kier molecular flexibility index (Phi) is 4.03. The van der Waals surface area contributed by atoms with E-state index in [9.17, 15) is 0 Å². The molecule has 0 bridgehead atoms. The van der Waals surface area contributed by atoms with E-state index in [0.717, 1.165) is 16.0 Å². The summed E-state index contributed by atoms with van der Waals surface area (Å²) >= 11 is 8.51. The van der Waals surface area contributed by atoms with E-state index < -0.39 is 0 Å². The molecule has 2 heterocycles. The lowest BCUT2D eigenvalue weighted by Crippen LogP contribution is -2.06. The first-order valence-corrected chi connectivity index (χ1v) is 6.18. The van der Waals surface area contributed by atoms with Crippen LogP contribution >= 0.6 is 28.1 Å². The van der Waals surface area contributed by atoms with E-state index in [2.05, 4.69) is 31.1 Å². The number of halogens is 1. The molecule has 0 saturated carbocycles. The van der Waals surface area contributed by atoms with Gasteiger partial charge in [-0.1, -0.05) is 0 Å². The van der Waals surface area contributed by atoms with Crippen molar-refractivity contribution in [3.05, 3.63) is 27.6 Å². The first-order chi connectivity index (χ1) is 8.22. The lowest BCUT2D eigenvalue weighted by molar-refractivity contribution is 0.187. The number of H-pyrrole nitrogens is 1. The average Bonchev–Trinajstić information content (AvgIpc) is 2.69. The summed E-state index contributed by atoms with van der Waals surface area (Å²) in [6.07, 6.45) is 1.73. The molecule has 0 spiro atoms. The number of ether oxygens (including phenoxy) is 1. The van der Waals surface area contributed by atoms with Crippen molar-refractivity contribution in [2.24, 2.45) is 0 Å². The van der Waals surface area contributed by atoms with Crippen molar-refractivity contribution >= 4 is 28.1 Å². The van der Waals surface area contributed by atoms with E-state index in [1.165, 1.54) is 0 Å². The molecule has 7 heteroatoms. The van der Waals surface area contributed by atoms with E-state index in [1.807, 2.05) is 16.7 Å². The molecule has 1 N–H and O–H groups in total. The summed E-state index contributed by atoms with van der Waals surface area (Å²) in [6, 6.07) is 3.80. The number of hydrogen-bond acceptors (Lipinski definition) is 4. The molecule has 5 nitrogen and oxygen atoms in total. The molecule has 0 aliphatic carbocycles. The van der Waals surface area contributed by atoms with Gasteiger partial charge in [0, 0.05) is 17.8 Å². The van der Waals surface area contributed by atoms with Crippen LogP contribution < -0.4 is 0 Å². The molecule has 90 valence electrons. The van der Waals surface area contributed by atoms with Gasteiger partial charge in [-0.05, 0) is 40.3 Å². The number of pyridine rings is 1. The van der Waals surface area contributed by atoms with E-state index in [1.54, 1.807) is 13.3 Å². The summed E-state index contributed by atoms with van der Waals surface area (Å²) in [7, 11) is 1.65. The van der Waals surface area contributed by atoms with Crippen LogP contribution in [0.5, 0.6) is 0 Å². The third kappa shape index (κ3) is 2.80. The number of aromatic nitrogens is 4. The quantitative estimate of drug-likeness (QED) is 0.881. The molecule has 2 aromatic rings. The van der Waals surface area contributed by atoms with Gasteiger partial charge < -0.3 is 4.74 Å². The fraction of sp³-hybridized carbons (Fsp3) is 0.300. The first-order valence-electron chi connectivity index (χ1n) is 4.98. The maximum absolute atomic E-state index is 5.16. The van der Waals surface area contributed by atoms with Crippen LogP contribution in [0.1, 0.15) is 0 Å². The van der Waals surface area contributed by atoms with Crippen molar-refractivity contribution in [2.75, 3.05) is 13.7 Å². The highest BCUT2D eigenvalue weighted by molar-refractivity contribution is 9.10. The first kappa shape index (κ1) is 12.4. The van der Waals surface area contributed by atoms with Crippen molar-refractivity contribution in [3.8, 4) is 11.5 Å². The van der Waals surface area contributed by atoms with Gasteiger partial charge in [0.2, 0.25) is 0 Å². The van der Waals surface area contributed by atoms with Gasteiger partial charge in [0.1, 0.15) is 5.69 Å². The third-order valence-electron chi connectivity index (χ3n) is 2.23. The Hall–Kier alpha value is -1.05. The van der Waals surface area contributed by atoms with Gasteiger partial charge in [0.25, 0.3) is 0 Å². The molecule has 0 atom stereocenters. The van der Waals surface area contributed by atoms with Gasteiger partial charge in [0.05, 0.1) is 13.2 Å². The number of rotatable bonds is 4. The lowest BCUT2D eigenvalue weighted by Gasteiger charge is -2.05. The molecule has 0 fully saturated rings. The smallest absolute Gasteiger partial charge is 0.195 e. The SMILES string of the molecule is COCCn1c(-c2ccc(Br)cn2)n[nH]c1=S. The van der Waals surface area contributed by atoms with Gasteiger partial charge in [-0.2, -0.15) is 5.10 Å². The van der Waals surface area contributed by atoms with Gasteiger partial charge >= 0.3 is 0 Å². The summed E-state index contributed by atoms with van der Waals surface area (Å²) < 4.78 is 8.41. The predicted octanol–water partition coefficient (Wildman–Crippen LogP) is 2.41. The van der Waals surface area contributed by atoms with Gasteiger partial charge in [-0.15, -0.1) is 0 Å². The minimum absolute atomic E-state index is 0.571. The van der Waals surface area contributed by atoms with Crippen LogP contribution in [-0.2, 0) is 11.3 Å². The molecule has 0 aliphatic rings. The van der Waals surface area contributed by atoms with E-state index in [0.29, 0.717) is 17.9 Å². The summed E-state index contributed by atoms with van der Waals surface area (Å²) in [5.41, 5.74) is 0.775. The number of aromatic amines is 1. The van der Waals surface area contributed by atoms with Crippen molar-refractivity contribution in [1.29, 1.82) is 0 Å². The number of methoxy groups -OCH3 is 1. The standard InChI is InChI=1S/C10H11BrN4OS/c1-16-5-4-15-9(13-14-10(15)17)8-3-2-7(11)6-12-8/h2-3,6H,4-5H2,1H3,(H,14,17). The Balaban J connectivity index is 2.38. The summed E-state index contributed by atoms with van der Waals surface area (Å²) in [6.45, 7) is 1.23. The second-order valence-corrected chi connectivity index (χ2v) is 4.66. The highest BCUT2D eigenvalue weighted by Crippen LogP contribution is 2.17. The van der Waals surface area contributed by atoms with Crippen LogP contribution in [0.4, 0.5) is 0 Å². The average molecular weight is 315 g/mol. The van der Waals surface area contributed by atoms with Gasteiger partial charge in [-0.25, -0.2) is 0 Å². The number of nitrogens with one attached hydrogen (secondary N) is 1. The van der Waals surface area contributed by atoms with Crippen LogP contribution in [0, 0.1) is 4.77 Å². The van der Waals surface area contributed by atoms with Crippen molar-refractivity contribution in [3.63, 3.8) is 0 Å². The maximum atomic E-state index is 5.16. The minimum Gasteiger partial charge on any atom is -0.383 e. The van der Waals surface area contributed by atoms with Crippen molar-refractivity contribution in [1.82, 2.24) is 19.7 Å². The summed E-state index contributed by atoms with van der Waals surface area (Å²) in [5, 5.41) is 6.95. The predicted molar refractivity (Wildman–Crippen MR) is 70.2 cm³/mol. The van der Waals surface area contributed by atoms with Crippen molar-refractivity contribution < 1.29 is 4.74 Å². The molecule has 0 saturated heterocycles. The Labute approximate surface area is 112 Å². The van der Waals surface area contributed by atoms with Gasteiger partial charge in [-0.3, -0.25) is 14.6 Å². The molecule has 0 amide bonds. The Morgan fingerprint density at radius 2 is 2.35 bits per heavy atom. The van der Waals surface area contributed by atoms with E-state index in [-0.39, 0.29) is 0 Å². The lowest BCUT2D eigenvalue weighted by atomic mass is 10.3. The molecule has 2 aromatic heterocycles.